The molecule has 4 rings (SSSR count). The topological polar surface area (TPSA) is 58.6 Å². The van der Waals surface area contributed by atoms with Crippen LogP contribution in [0.5, 0.6) is 11.6 Å². The molecule has 2 aromatic carbocycles. The molecule has 160 valence electrons. The number of aromatic nitrogens is 2. The van der Waals surface area contributed by atoms with Crippen LogP contribution >= 0.6 is 34.8 Å². The van der Waals surface area contributed by atoms with Gasteiger partial charge in [0.2, 0.25) is 5.88 Å². The third-order valence-corrected chi connectivity index (χ3v) is 5.84. The SMILES string of the molecule is C[C@@H]1CN(c2cc(Oc3ccc(Cl)cc3)ncn2)CCN1C(=O)c1ccc(Cl)cc1Cl. The highest BCUT2D eigenvalue weighted by Gasteiger charge is 2.30. The molecule has 2 heterocycles. The molecule has 6 nitrogen and oxygen atoms in total. The molecule has 1 amide bonds. The van der Waals surface area contributed by atoms with Gasteiger partial charge < -0.3 is 14.5 Å². The number of anilines is 1. The van der Waals surface area contributed by atoms with E-state index in [0.29, 0.717) is 51.9 Å². The quantitative estimate of drug-likeness (QED) is 0.491. The molecule has 0 unspecified atom stereocenters. The summed E-state index contributed by atoms with van der Waals surface area (Å²) in [6.45, 7) is 3.78. The van der Waals surface area contributed by atoms with E-state index in [1.165, 1.54) is 6.33 Å². The van der Waals surface area contributed by atoms with Crippen molar-refractivity contribution in [1.82, 2.24) is 14.9 Å². The van der Waals surface area contributed by atoms with E-state index in [0.717, 1.165) is 5.82 Å². The number of amides is 1. The molecular weight excluding hydrogens is 459 g/mol. The number of ether oxygens (including phenoxy) is 1. The summed E-state index contributed by atoms with van der Waals surface area (Å²) in [4.78, 5) is 25.5. The van der Waals surface area contributed by atoms with E-state index in [2.05, 4.69) is 14.9 Å². The monoisotopic (exact) mass is 476 g/mol. The minimum Gasteiger partial charge on any atom is -0.439 e. The Kier molecular flexibility index (Phi) is 6.51. The molecule has 3 aromatic rings. The minimum absolute atomic E-state index is 0.0383. The summed E-state index contributed by atoms with van der Waals surface area (Å²) in [6.07, 6.45) is 1.47. The fourth-order valence-corrected chi connectivity index (χ4v) is 4.08. The number of hydrogen-bond acceptors (Lipinski definition) is 5. The fourth-order valence-electron chi connectivity index (χ4n) is 3.47. The van der Waals surface area contributed by atoms with Crippen molar-refractivity contribution in [2.24, 2.45) is 0 Å². The third-order valence-electron chi connectivity index (χ3n) is 5.04. The van der Waals surface area contributed by atoms with E-state index in [9.17, 15) is 4.79 Å². The van der Waals surface area contributed by atoms with Crippen LogP contribution in [-0.2, 0) is 0 Å². The van der Waals surface area contributed by atoms with Crippen molar-refractivity contribution in [3.8, 4) is 11.6 Å². The standard InChI is InChI=1S/C22H19Cl3N4O2/c1-14-12-28(8-9-29(14)22(30)18-7-4-16(24)10-19(18)25)20-11-21(27-13-26-20)31-17-5-2-15(23)3-6-17/h2-7,10-11,13-14H,8-9,12H2,1H3/t14-/m1/s1. The second kappa shape index (κ2) is 9.30. The van der Waals surface area contributed by atoms with Gasteiger partial charge in [-0.05, 0) is 49.4 Å². The lowest BCUT2D eigenvalue weighted by Gasteiger charge is -2.40. The molecule has 1 fully saturated rings. The number of piperazine rings is 1. The summed E-state index contributed by atoms with van der Waals surface area (Å²) in [5, 5.41) is 1.49. The number of nitrogens with zero attached hydrogens (tertiary/aromatic N) is 4. The second-order valence-electron chi connectivity index (χ2n) is 7.19. The molecule has 1 aromatic heterocycles. The van der Waals surface area contributed by atoms with Gasteiger partial charge in [0.25, 0.3) is 5.91 Å². The zero-order valence-electron chi connectivity index (χ0n) is 16.6. The summed E-state index contributed by atoms with van der Waals surface area (Å²) in [7, 11) is 0. The van der Waals surface area contributed by atoms with E-state index in [4.69, 9.17) is 39.5 Å². The number of carbonyl (C=O) groups excluding carboxylic acids is 1. The second-order valence-corrected chi connectivity index (χ2v) is 8.47. The molecule has 0 saturated carbocycles. The van der Waals surface area contributed by atoms with Crippen LogP contribution in [-0.4, -0.2) is 46.5 Å². The highest BCUT2D eigenvalue weighted by atomic mass is 35.5. The highest BCUT2D eigenvalue weighted by Crippen LogP contribution is 2.27. The van der Waals surface area contributed by atoms with E-state index < -0.39 is 0 Å². The Morgan fingerprint density at radius 3 is 2.45 bits per heavy atom. The fraction of sp³-hybridized carbons (Fsp3) is 0.227. The molecule has 0 bridgehead atoms. The van der Waals surface area contributed by atoms with E-state index >= 15 is 0 Å². The van der Waals surface area contributed by atoms with Crippen molar-refractivity contribution in [2.75, 3.05) is 24.5 Å². The Labute approximate surface area is 195 Å². The zero-order chi connectivity index (χ0) is 22.0. The highest BCUT2D eigenvalue weighted by molar-refractivity contribution is 6.36. The van der Waals surface area contributed by atoms with Crippen LogP contribution < -0.4 is 9.64 Å². The molecule has 1 atom stereocenters. The largest absolute Gasteiger partial charge is 0.439 e. The number of hydrogen-bond donors (Lipinski definition) is 0. The molecular formula is C22H19Cl3N4O2. The first-order valence-electron chi connectivity index (χ1n) is 9.67. The number of halogens is 3. The summed E-state index contributed by atoms with van der Waals surface area (Å²) >= 11 is 18.1. The smallest absolute Gasteiger partial charge is 0.255 e. The summed E-state index contributed by atoms with van der Waals surface area (Å²) < 4.78 is 5.81. The normalized spacial score (nSPS) is 16.3. The van der Waals surface area contributed by atoms with Crippen molar-refractivity contribution in [1.29, 1.82) is 0 Å². The Hall–Kier alpha value is -2.54. The first-order valence-corrected chi connectivity index (χ1v) is 10.8. The Bertz CT molecular complexity index is 1090. The van der Waals surface area contributed by atoms with Gasteiger partial charge in [-0.2, -0.15) is 0 Å². The minimum atomic E-state index is -0.108. The summed E-state index contributed by atoms with van der Waals surface area (Å²) in [5.74, 6) is 1.70. The van der Waals surface area contributed by atoms with Gasteiger partial charge in [0.05, 0.1) is 10.6 Å². The van der Waals surface area contributed by atoms with Crippen LogP contribution in [0.15, 0.2) is 54.9 Å². The van der Waals surface area contributed by atoms with Crippen LogP contribution in [0.3, 0.4) is 0 Å². The Morgan fingerprint density at radius 2 is 1.74 bits per heavy atom. The average Bonchev–Trinajstić information content (AvgIpc) is 2.75. The molecule has 9 heteroatoms. The van der Waals surface area contributed by atoms with Gasteiger partial charge in [-0.15, -0.1) is 0 Å². The van der Waals surface area contributed by atoms with Crippen LogP contribution in [0.2, 0.25) is 15.1 Å². The van der Waals surface area contributed by atoms with Crippen molar-refractivity contribution >= 4 is 46.5 Å². The Morgan fingerprint density at radius 1 is 1.00 bits per heavy atom. The van der Waals surface area contributed by atoms with Gasteiger partial charge in [0, 0.05) is 41.8 Å². The first-order chi connectivity index (χ1) is 14.9. The average molecular weight is 478 g/mol. The van der Waals surface area contributed by atoms with Crippen molar-refractivity contribution in [2.45, 2.75) is 13.0 Å². The molecule has 0 spiro atoms. The lowest BCUT2D eigenvalue weighted by Crippen LogP contribution is -2.54. The molecule has 1 saturated heterocycles. The predicted molar refractivity (Wildman–Crippen MR) is 123 cm³/mol. The summed E-state index contributed by atoms with van der Waals surface area (Å²) in [5.41, 5.74) is 0.451. The lowest BCUT2D eigenvalue weighted by molar-refractivity contribution is 0.0674. The molecule has 1 aliphatic rings. The van der Waals surface area contributed by atoms with Crippen molar-refractivity contribution in [3.63, 3.8) is 0 Å². The maximum absolute atomic E-state index is 13.0. The maximum Gasteiger partial charge on any atom is 0.255 e. The number of benzene rings is 2. The Balaban J connectivity index is 1.45. The zero-order valence-corrected chi connectivity index (χ0v) is 18.9. The van der Waals surface area contributed by atoms with Crippen molar-refractivity contribution in [3.05, 3.63) is 75.5 Å². The van der Waals surface area contributed by atoms with Crippen LogP contribution in [0, 0.1) is 0 Å². The van der Waals surface area contributed by atoms with Crippen LogP contribution in [0.1, 0.15) is 17.3 Å². The van der Waals surface area contributed by atoms with Gasteiger partial charge in [0.1, 0.15) is 17.9 Å². The van der Waals surface area contributed by atoms with Gasteiger partial charge in [-0.3, -0.25) is 4.79 Å². The van der Waals surface area contributed by atoms with Crippen LogP contribution in [0.4, 0.5) is 5.82 Å². The molecule has 0 aliphatic carbocycles. The van der Waals surface area contributed by atoms with E-state index in [1.807, 2.05) is 11.8 Å². The first kappa shape index (κ1) is 21.7. The lowest BCUT2D eigenvalue weighted by atomic mass is 10.1. The molecule has 0 radical (unpaired) electrons. The van der Waals surface area contributed by atoms with E-state index in [1.54, 1.807) is 48.5 Å². The number of rotatable bonds is 4. The summed E-state index contributed by atoms with van der Waals surface area (Å²) in [6, 6.07) is 13.7. The maximum atomic E-state index is 13.0. The van der Waals surface area contributed by atoms with E-state index in [-0.39, 0.29) is 11.9 Å². The predicted octanol–water partition coefficient (Wildman–Crippen LogP) is 5.58. The molecule has 31 heavy (non-hydrogen) atoms. The van der Waals surface area contributed by atoms with Gasteiger partial charge in [-0.1, -0.05) is 34.8 Å². The van der Waals surface area contributed by atoms with Gasteiger partial charge in [0.15, 0.2) is 0 Å². The molecule has 0 N–H and O–H groups in total. The van der Waals surface area contributed by atoms with Crippen LogP contribution in [0.25, 0.3) is 0 Å². The van der Waals surface area contributed by atoms with Gasteiger partial charge >= 0.3 is 0 Å². The van der Waals surface area contributed by atoms with Crippen molar-refractivity contribution < 1.29 is 9.53 Å². The van der Waals surface area contributed by atoms with Gasteiger partial charge in [-0.25, -0.2) is 9.97 Å². The number of carbonyl (C=O) groups is 1. The molecule has 1 aliphatic heterocycles. The third kappa shape index (κ3) is 5.03.